The van der Waals surface area contributed by atoms with Gasteiger partial charge in [0.25, 0.3) is 0 Å². The molecule has 1 atom stereocenters. The molecule has 0 bridgehead atoms. The van der Waals surface area contributed by atoms with Crippen LogP contribution >= 0.6 is 0 Å². The van der Waals surface area contributed by atoms with Crippen molar-refractivity contribution in [3.8, 4) is 11.5 Å². The number of anilines is 1. The van der Waals surface area contributed by atoms with Crippen LogP contribution in [0.15, 0.2) is 42.5 Å². The van der Waals surface area contributed by atoms with E-state index in [1.165, 1.54) is 23.1 Å². The van der Waals surface area contributed by atoms with Gasteiger partial charge in [-0.3, -0.25) is 9.59 Å². The summed E-state index contributed by atoms with van der Waals surface area (Å²) in [5, 5.41) is 2.62. The number of hydrogen-bond donors (Lipinski definition) is 1. The average Bonchev–Trinajstić information content (AvgIpc) is 3.01. The molecule has 6 nitrogen and oxygen atoms in total. The predicted octanol–water partition coefficient (Wildman–Crippen LogP) is 3.58. The lowest BCUT2D eigenvalue weighted by atomic mass is 9.98. The highest BCUT2D eigenvalue weighted by Crippen LogP contribution is 2.35. The first-order chi connectivity index (χ1) is 13.9. The van der Waals surface area contributed by atoms with E-state index in [-0.39, 0.29) is 30.4 Å². The molecule has 1 fully saturated rings. The molecule has 2 amide bonds. The molecule has 1 N–H and O–H groups in total. The number of amides is 2. The lowest BCUT2D eigenvalue weighted by molar-refractivity contribution is -0.131. The molecule has 0 saturated carbocycles. The van der Waals surface area contributed by atoms with Crippen molar-refractivity contribution < 1.29 is 23.5 Å². The fourth-order valence-corrected chi connectivity index (χ4v) is 3.38. The van der Waals surface area contributed by atoms with Crippen LogP contribution in [0.1, 0.15) is 31.7 Å². The van der Waals surface area contributed by atoms with E-state index in [4.69, 9.17) is 9.47 Å². The number of nitrogens with zero attached hydrogens (tertiary/aromatic N) is 1. The second kappa shape index (κ2) is 8.94. The van der Waals surface area contributed by atoms with Crippen molar-refractivity contribution in [3.63, 3.8) is 0 Å². The van der Waals surface area contributed by atoms with Crippen molar-refractivity contribution in [1.29, 1.82) is 0 Å². The number of hydrogen-bond acceptors (Lipinski definition) is 4. The fourth-order valence-electron chi connectivity index (χ4n) is 3.38. The normalized spacial score (nSPS) is 16.2. The number of rotatable bonds is 7. The minimum Gasteiger partial charge on any atom is -0.493 e. The zero-order valence-electron chi connectivity index (χ0n) is 16.8. The van der Waals surface area contributed by atoms with E-state index in [9.17, 15) is 14.0 Å². The van der Waals surface area contributed by atoms with Crippen LogP contribution in [0.5, 0.6) is 11.5 Å². The summed E-state index contributed by atoms with van der Waals surface area (Å²) in [5.41, 5.74) is 1.33. The van der Waals surface area contributed by atoms with Gasteiger partial charge in [-0.1, -0.05) is 12.1 Å². The van der Waals surface area contributed by atoms with Crippen LogP contribution in [0.3, 0.4) is 0 Å². The topological polar surface area (TPSA) is 67.9 Å². The molecule has 1 aliphatic rings. The van der Waals surface area contributed by atoms with Gasteiger partial charge in [0.05, 0.1) is 19.8 Å². The number of halogens is 1. The minimum atomic E-state index is -0.431. The fraction of sp³-hybridized carbons (Fsp3) is 0.364. The standard InChI is InChI=1S/C22H25FN2O4/c1-14(2)29-20-9-15(7-8-19(20)28-3)16-10-22(27)25(12-16)13-21(26)24-18-6-4-5-17(23)11-18/h4-9,11,14,16H,10,12-13H2,1-3H3,(H,24,26). The highest BCUT2D eigenvalue weighted by molar-refractivity contribution is 5.95. The van der Waals surface area contributed by atoms with Crippen molar-refractivity contribution in [3.05, 3.63) is 53.8 Å². The number of carbonyl (C=O) groups is 2. The van der Waals surface area contributed by atoms with Gasteiger partial charge in [-0.25, -0.2) is 4.39 Å². The lowest BCUT2D eigenvalue weighted by Crippen LogP contribution is -2.34. The van der Waals surface area contributed by atoms with Crippen LogP contribution < -0.4 is 14.8 Å². The van der Waals surface area contributed by atoms with Gasteiger partial charge in [0.15, 0.2) is 11.5 Å². The molecule has 0 aliphatic carbocycles. The highest BCUT2D eigenvalue weighted by atomic mass is 19.1. The van der Waals surface area contributed by atoms with Crippen molar-refractivity contribution in [2.24, 2.45) is 0 Å². The maximum atomic E-state index is 13.3. The van der Waals surface area contributed by atoms with Gasteiger partial charge in [-0.05, 0) is 49.7 Å². The number of carbonyl (C=O) groups excluding carboxylic acids is 2. The Morgan fingerprint density at radius 2 is 2.03 bits per heavy atom. The molecule has 154 valence electrons. The van der Waals surface area contributed by atoms with Gasteiger partial charge in [-0.2, -0.15) is 0 Å². The van der Waals surface area contributed by atoms with Gasteiger partial charge in [0.2, 0.25) is 11.8 Å². The van der Waals surface area contributed by atoms with Crippen LogP contribution in [-0.4, -0.2) is 43.0 Å². The van der Waals surface area contributed by atoms with Crippen LogP contribution in [-0.2, 0) is 9.59 Å². The molecule has 1 saturated heterocycles. The molecule has 2 aromatic carbocycles. The molecular weight excluding hydrogens is 375 g/mol. The summed E-state index contributed by atoms with van der Waals surface area (Å²) in [4.78, 5) is 26.2. The molecule has 3 rings (SSSR count). The molecule has 1 heterocycles. The van der Waals surface area contributed by atoms with E-state index in [1.807, 2.05) is 32.0 Å². The van der Waals surface area contributed by atoms with Gasteiger partial charge < -0.3 is 19.7 Å². The zero-order valence-corrected chi connectivity index (χ0v) is 16.8. The van der Waals surface area contributed by atoms with Crippen molar-refractivity contribution >= 4 is 17.5 Å². The Hall–Kier alpha value is -3.09. The highest BCUT2D eigenvalue weighted by Gasteiger charge is 2.32. The first kappa shape index (κ1) is 20.6. The molecule has 2 aromatic rings. The summed E-state index contributed by atoms with van der Waals surface area (Å²) in [6, 6.07) is 11.3. The third kappa shape index (κ3) is 5.25. The van der Waals surface area contributed by atoms with E-state index in [1.54, 1.807) is 13.2 Å². The molecule has 0 aromatic heterocycles. The Morgan fingerprint density at radius 1 is 1.24 bits per heavy atom. The van der Waals surface area contributed by atoms with E-state index in [0.29, 0.717) is 30.2 Å². The minimum absolute atomic E-state index is 0.00706. The maximum absolute atomic E-state index is 13.3. The van der Waals surface area contributed by atoms with Gasteiger partial charge >= 0.3 is 0 Å². The summed E-state index contributed by atoms with van der Waals surface area (Å²) < 4.78 is 24.4. The Kier molecular flexibility index (Phi) is 6.36. The van der Waals surface area contributed by atoms with Crippen molar-refractivity contribution in [2.75, 3.05) is 25.5 Å². The predicted molar refractivity (Wildman–Crippen MR) is 108 cm³/mol. The zero-order chi connectivity index (χ0) is 21.0. The third-order valence-electron chi connectivity index (χ3n) is 4.68. The SMILES string of the molecule is COc1ccc(C2CC(=O)N(CC(=O)Nc3cccc(F)c3)C2)cc1OC(C)C. The second-order valence-electron chi connectivity index (χ2n) is 7.31. The van der Waals surface area contributed by atoms with Crippen LogP contribution in [0, 0.1) is 5.82 Å². The monoisotopic (exact) mass is 400 g/mol. The molecule has 29 heavy (non-hydrogen) atoms. The Balaban J connectivity index is 1.66. The Labute approximate surface area is 169 Å². The Bertz CT molecular complexity index is 900. The van der Waals surface area contributed by atoms with E-state index in [2.05, 4.69) is 5.32 Å². The van der Waals surface area contributed by atoms with E-state index >= 15 is 0 Å². The average molecular weight is 400 g/mol. The first-order valence-electron chi connectivity index (χ1n) is 9.53. The smallest absolute Gasteiger partial charge is 0.243 e. The largest absolute Gasteiger partial charge is 0.493 e. The van der Waals surface area contributed by atoms with Crippen LogP contribution in [0.2, 0.25) is 0 Å². The number of ether oxygens (including phenoxy) is 2. The summed E-state index contributed by atoms with van der Waals surface area (Å²) in [7, 11) is 1.58. The van der Waals surface area contributed by atoms with Crippen molar-refractivity contribution in [1.82, 2.24) is 4.90 Å². The number of nitrogens with one attached hydrogen (secondary N) is 1. The van der Waals surface area contributed by atoms with Crippen molar-refractivity contribution in [2.45, 2.75) is 32.3 Å². The van der Waals surface area contributed by atoms with Gasteiger partial charge in [0.1, 0.15) is 5.82 Å². The lowest BCUT2D eigenvalue weighted by Gasteiger charge is -2.18. The second-order valence-corrected chi connectivity index (χ2v) is 7.31. The van der Waals surface area contributed by atoms with E-state index < -0.39 is 5.82 Å². The quantitative estimate of drug-likeness (QED) is 0.772. The molecule has 1 aliphatic heterocycles. The molecular formula is C22H25FN2O4. The molecule has 0 radical (unpaired) electrons. The van der Waals surface area contributed by atoms with Gasteiger partial charge in [0, 0.05) is 24.6 Å². The molecule has 1 unspecified atom stereocenters. The third-order valence-corrected chi connectivity index (χ3v) is 4.68. The molecule has 0 spiro atoms. The summed E-state index contributed by atoms with van der Waals surface area (Å²) in [5.74, 6) is 0.353. The Morgan fingerprint density at radius 3 is 2.72 bits per heavy atom. The van der Waals surface area contributed by atoms with Gasteiger partial charge in [-0.15, -0.1) is 0 Å². The number of benzene rings is 2. The molecule has 7 heteroatoms. The maximum Gasteiger partial charge on any atom is 0.243 e. The van der Waals surface area contributed by atoms with E-state index in [0.717, 1.165) is 5.56 Å². The first-order valence-corrected chi connectivity index (χ1v) is 9.53. The summed E-state index contributed by atoms with van der Waals surface area (Å²) >= 11 is 0. The summed E-state index contributed by atoms with van der Waals surface area (Å²) in [6.07, 6.45) is 0.313. The number of likely N-dealkylation sites (tertiary alicyclic amines) is 1. The van der Waals surface area contributed by atoms with Crippen LogP contribution in [0.4, 0.5) is 10.1 Å². The van der Waals surface area contributed by atoms with Crippen LogP contribution in [0.25, 0.3) is 0 Å². The number of methoxy groups -OCH3 is 1. The summed E-state index contributed by atoms with van der Waals surface area (Å²) in [6.45, 7) is 4.23.